The summed E-state index contributed by atoms with van der Waals surface area (Å²) < 4.78 is 1.10. The summed E-state index contributed by atoms with van der Waals surface area (Å²) in [5, 5.41) is 0. The average Bonchev–Trinajstić information content (AvgIpc) is 1.86. The highest BCUT2D eigenvalue weighted by Crippen LogP contribution is 2.23. The van der Waals surface area contributed by atoms with Crippen molar-refractivity contribution in [2.75, 3.05) is 21.1 Å². The molecular weight excluding hydrogens is 136 g/mol. The molecule has 0 bridgehead atoms. The second-order valence-electron chi connectivity index (χ2n) is 4.68. The minimum absolute atomic E-state index is 0.484. The van der Waals surface area contributed by atoms with Crippen molar-refractivity contribution in [3.63, 3.8) is 0 Å². The van der Waals surface area contributed by atoms with Gasteiger partial charge >= 0.3 is 0 Å². The number of hydrogen-bond donors (Lipinski definition) is 1. The summed E-state index contributed by atoms with van der Waals surface area (Å²) in [4.78, 5) is 0. The zero-order valence-corrected chi connectivity index (χ0v) is 8.01. The summed E-state index contributed by atoms with van der Waals surface area (Å²) in [6.07, 6.45) is 5.07. The van der Waals surface area contributed by atoms with Crippen molar-refractivity contribution < 1.29 is 4.48 Å². The van der Waals surface area contributed by atoms with E-state index in [9.17, 15) is 0 Å². The van der Waals surface area contributed by atoms with E-state index in [1.165, 1.54) is 25.7 Å². The van der Waals surface area contributed by atoms with Crippen LogP contribution in [0.1, 0.15) is 25.7 Å². The Morgan fingerprint density at radius 2 is 1.45 bits per heavy atom. The maximum absolute atomic E-state index is 5.83. The molecule has 0 aromatic heterocycles. The number of nitrogens with zero attached hydrogens (tertiary/aromatic N) is 1. The molecule has 66 valence electrons. The summed E-state index contributed by atoms with van der Waals surface area (Å²) in [5.74, 6) is 0. The topological polar surface area (TPSA) is 26.0 Å². The van der Waals surface area contributed by atoms with E-state index in [4.69, 9.17) is 5.73 Å². The van der Waals surface area contributed by atoms with Crippen LogP contribution in [0.3, 0.4) is 0 Å². The van der Waals surface area contributed by atoms with Crippen molar-refractivity contribution in [3.05, 3.63) is 0 Å². The maximum Gasteiger partial charge on any atom is 0.0885 e. The lowest BCUT2D eigenvalue weighted by molar-refractivity contribution is -0.897. The minimum Gasteiger partial charge on any atom is -0.328 e. The van der Waals surface area contributed by atoms with Crippen LogP contribution in [0.2, 0.25) is 0 Å². The summed E-state index contributed by atoms with van der Waals surface area (Å²) in [5.41, 5.74) is 5.83. The largest absolute Gasteiger partial charge is 0.328 e. The van der Waals surface area contributed by atoms with Crippen molar-refractivity contribution in [1.82, 2.24) is 0 Å². The van der Waals surface area contributed by atoms with Gasteiger partial charge in [-0.3, -0.25) is 0 Å². The molecule has 2 nitrogen and oxygen atoms in total. The van der Waals surface area contributed by atoms with E-state index in [1.54, 1.807) is 0 Å². The Kier molecular flexibility index (Phi) is 2.55. The Hall–Kier alpha value is -0.0800. The summed E-state index contributed by atoms with van der Waals surface area (Å²) in [7, 11) is 6.84. The SMILES string of the molecule is C[N+](C)(C)C1CCC(N)CC1. The van der Waals surface area contributed by atoms with Crippen LogP contribution in [-0.4, -0.2) is 37.7 Å². The lowest BCUT2D eigenvalue weighted by atomic mass is 9.90. The second kappa shape index (κ2) is 3.11. The molecule has 11 heavy (non-hydrogen) atoms. The molecule has 1 rings (SSSR count). The Labute approximate surface area is 70.0 Å². The summed E-state index contributed by atoms with van der Waals surface area (Å²) >= 11 is 0. The van der Waals surface area contributed by atoms with Gasteiger partial charge in [-0.1, -0.05) is 0 Å². The van der Waals surface area contributed by atoms with E-state index in [2.05, 4.69) is 21.1 Å². The van der Waals surface area contributed by atoms with E-state index in [-0.39, 0.29) is 0 Å². The maximum atomic E-state index is 5.83. The van der Waals surface area contributed by atoms with Gasteiger partial charge in [0.25, 0.3) is 0 Å². The molecule has 1 saturated carbocycles. The molecule has 0 amide bonds. The van der Waals surface area contributed by atoms with Crippen LogP contribution in [0.4, 0.5) is 0 Å². The highest BCUT2D eigenvalue weighted by atomic mass is 15.3. The average molecular weight is 157 g/mol. The van der Waals surface area contributed by atoms with Gasteiger partial charge in [-0.25, -0.2) is 0 Å². The fourth-order valence-corrected chi connectivity index (χ4v) is 1.88. The van der Waals surface area contributed by atoms with Crippen molar-refractivity contribution in [3.8, 4) is 0 Å². The molecule has 2 heteroatoms. The molecule has 1 aliphatic rings. The standard InChI is InChI=1S/C9H21N2/c1-11(2,3)9-6-4-8(10)5-7-9/h8-9H,4-7,10H2,1-3H3/q+1. The van der Waals surface area contributed by atoms with Gasteiger partial charge in [0.15, 0.2) is 0 Å². The van der Waals surface area contributed by atoms with Gasteiger partial charge in [0, 0.05) is 18.9 Å². The molecule has 0 aliphatic heterocycles. The normalized spacial score (nSPS) is 33.8. The van der Waals surface area contributed by atoms with E-state index < -0.39 is 0 Å². The van der Waals surface area contributed by atoms with E-state index in [0.717, 1.165) is 10.5 Å². The fraction of sp³-hybridized carbons (Fsp3) is 1.00. The molecule has 1 fully saturated rings. The number of nitrogens with two attached hydrogens (primary N) is 1. The van der Waals surface area contributed by atoms with Crippen LogP contribution >= 0.6 is 0 Å². The van der Waals surface area contributed by atoms with E-state index >= 15 is 0 Å². The van der Waals surface area contributed by atoms with Gasteiger partial charge in [-0.05, 0) is 12.8 Å². The molecule has 2 N–H and O–H groups in total. The van der Waals surface area contributed by atoms with Gasteiger partial charge in [0.1, 0.15) is 0 Å². The molecule has 0 aromatic carbocycles. The van der Waals surface area contributed by atoms with Gasteiger partial charge in [-0.2, -0.15) is 0 Å². The molecule has 0 aromatic rings. The molecule has 0 saturated heterocycles. The van der Waals surface area contributed by atoms with E-state index in [0.29, 0.717) is 6.04 Å². The smallest absolute Gasteiger partial charge is 0.0885 e. The molecule has 0 heterocycles. The zero-order chi connectivity index (χ0) is 8.48. The number of rotatable bonds is 1. The lowest BCUT2D eigenvalue weighted by Gasteiger charge is -2.38. The predicted octanol–water partition coefficient (Wildman–Crippen LogP) is 0.962. The third kappa shape index (κ3) is 2.46. The summed E-state index contributed by atoms with van der Waals surface area (Å²) in [6.45, 7) is 0. The quantitative estimate of drug-likeness (QED) is 0.564. The lowest BCUT2D eigenvalue weighted by Crippen LogP contribution is -2.48. The van der Waals surface area contributed by atoms with Crippen LogP contribution in [0.5, 0.6) is 0 Å². The van der Waals surface area contributed by atoms with Gasteiger partial charge in [0.2, 0.25) is 0 Å². The highest BCUT2D eigenvalue weighted by molar-refractivity contribution is 4.74. The molecular formula is C9H21N2+. The van der Waals surface area contributed by atoms with E-state index in [1.807, 2.05) is 0 Å². The minimum atomic E-state index is 0.484. The second-order valence-corrected chi connectivity index (χ2v) is 4.68. The Morgan fingerprint density at radius 3 is 1.82 bits per heavy atom. The van der Waals surface area contributed by atoms with Crippen LogP contribution in [0.15, 0.2) is 0 Å². The van der Waals surface area contributed by atoms with Crippen molar-refractivity contribution >= 4 is 0 Å². The Morgan fingerprint density at radius 1 is 1.00 bits per heavy atom. The molecule has 1 aliphatic carbocycles. The first-order valence-electron chi connectivity index (χ1n) is 4.57. The van der Waals surface area contributed by atoms with Gasteiger partial charge in [0.05, 0.1) is 27.2 Å². The monoisotopic (exact) mass is 157 g/mol. The Balaban J connectivity index is 2.39. The molecule has 0 atom stereocenters. The molecule has 0 radical (unpaired) electrons. The van der Waals surface area contributed by atoms with Crippen molar-refractivity contribution in [2.24, 2.45) is 5.73 Å². The highest BCUT2D eigenvalue weighted by Gasteiger charge is 2.28. The number of quaternary nitrogens is 1. The van der Waals surface area contributed by atoms with Crippen LogP contribution in [0, 0.1) is 0 Å². The first-order valence-corrected chi connectivity index (χ1v) is 4.57. The third-order valence-corrected chi connectivity index (χ3v) is 2.84. The van der Waals surface area contributed by atoms with Gasteiger partial charge in [-0.15, -0.1) is 0 Å². The first-order chi connectivity index (χ1) is 5.00. The molecule has 0 spiro atoms. The van der Waals surface area contributed by atoms with Crippen LogP contribution in [0.25, 0.3) is 0 Å². The van der Waals surface area contributed by atoms with Crippen molar-refractivity contribution in [1.29, 1.82) is 0 Å². The van der Waals surface area contributed by atoms with Crippen LogP contribution in [-0.2, 0) is 0 Å². The zero-order valence-electron chi connectivity index (χ0n) is 8.01. The Bertz CT molecular complexity index is 118. The van der Waals surface area contributed by atoms with Crippen LogP contribution < -0.4 is 5.73 Å². The predicted molar refractivity (Wildman–Crippen MR) is 48.3 cm³/mol. The number of hydrogen-bond acceptors (Lipinski definition) is 1. The fourth-order valence-electron chi connectivity index (χ4n) is 1.88. The van der Waals surface area contributed by atoms with Gasteiger partial charge < -0.3 is 10.2 Å². The summed E-state index contributed by atoms with van der Waals surface area (Å²) in [6, 6.07) is 1.33. The third-order valence-electron chi connectivity index (χ3n) is 2.84. The first kappa shape index (κ1) is 9.01. The van der Waals surface area contributed by atoms with Crippen molar-refractivity contribution in [2.45, 2.75) is 37.8 Å². The molecule has 0 unspecified atom stereocenters.